The van der Waals surface area contributed by atoms with Crippen molar-refractivity contribution in [2.45, 2.75) is 51.5 Å². The lowest BCUT2D eigenvalue weighted by molar-refractivity contribution is 0.285. The predicted octanol–water partition coefficient (Wildman–Crippen LogP) is 3.74. The second kappa shape index (κ2) is 6.06. The monoisotopic (exact) mass is 291 g/mol. The number of rotatable bonds is 4. The van der Waals surface area contributed by atoms with Crippen LogP contribution in [0.1, 0.15) is 50.0 Å². The molecule has 2 heterocycles. The summed E-state index contributed by atoms with van der Waals surface area (Å²) >= 11 is 1.68. The van der Waals surface area contributed by atoms with E-state index in [1.54, 1.807) is 11.3 Å². The molecular weight excluding hydrogens is 270 g/mol. The quantitative estimate of drug-likeness (QED) is 0.932. The molecule has 0 aromatic carbocycles. The highest BCUT2D eigenvalue weighted by atomic mass is 32.1. The van der Waals surface area contributed by atoms with Gasteiger partial charge in [-0.1, -0.05) is 12.1 Å². The van der Waals surface area contributed by atoms with Crippen LogP contribution in [0.5, 0.6) is 0 Å². The summed E-state index contributed by atoms with van der Waals surface area (Å²) in [6.07, 6.45) is 4.69. The Morgan fingerprint density at radius 3 is 2.75 bits per heavy atom. The van der Waals surface area contributed by atoms with Crippen LogP contribution in [0, 0.1) is 6.92 Å². The summed E-state index contributed by atoms with van der Waals surface area (Å²) in [5, 5.41) is 11.9. The van der Waals surface area contributed by atoms with Crippen LogP contribution in [0.25, 0.3) is 11.4 Å². The number of hydrogen-bond donors (Lipinski definition) is 1. The van der Waals surface area contributed by atoms with Crippen LogP contribution in [0.4, 0.5) is 0 Å². The fourth-order valence-corrected chi connectivity index (χ4v) is 3.76. The second-order valence-corrected chi connectivity index (χ2v) is 6.27. The SMILES string of the molecule is CCNC1CCC(c2nc(-c3cscc3C)no2)CC1. The molecule has 1 saturated carbocycles. The van der Waals surface area contributed by atoms with Crippen molar-refractivity contribution < 1.29 is 4.52 Å². The van der Waals surface area contributed by atoms with E-state index in [9.17, 15) is 0 Å². The third kappa shape index (κ3) is 2.79. The van der Waals surface area contributed by atoms with Gasteiger partial charge >= 0.3 is 0 Å². The van der Waals surface area contributed by atoms with E-state index in [2.05, 4.69) is 40.1 Å². The first-order chi connectivity index (χ1) is 9.78. The number of aromatic nitrogens is 2. The second-order valence-electron chi connectivity index (χ2n) is 5.53. The van der Waals surface area contributed by atoms with Crippen molar-refractivity contribution in [2.24, 2.45) is 0 Å². The van der Waals surface area contributed by atoms with Crippen molar-refractivity contribution in [1.82, 2.24) is 15.5 Å². The minimum absolute atomic E-state index is 0.435. The fourth-order valence-electron chi connectivity index (χ4n) is 2.93. The number of nitrogens with one attached hydrogen (secondary N) is 1. The number of hydrogen-bond acceptors (Lipinski definition) is 5. The maximum atomic E-state index is 5.50. The normalized spacial score (nSPS) is 23.1. The zero-order chi connectivity index (χ0) is 13.9. The van der Waals surface area contributed by atoms with E-state index < -0.39 is 0 Å². The average Bonchev–Trinajstić information content (AvgIpc) is 3.08. The number of nitrogens with zero attached hydrogens (tertiary/aromatic N) is 2. The Labute approximate surface area is 123 Å². The number of aryl methyl sites for hydroxylation is 1. The molecule has 2 aromatic heterocycles. The van der Waals surface area contributed by atoms with Gasteiger partial charge in [-0.25, -0.2) is 0 Å². The van der Waals surface area contributed by atoms with E-state index in [-0.39, 0.29) is 0 Å². The fraction of sp³-hybridized carbons (Fsp3) is 0.600. The summed E-state index contributed by atoms with van der Waals surface area (Å²) in [5.74, 6) is 2.00. The Morgan fingerprint density at radius 2 is 2.10 bits per heavy atom. The average molecular weight is 291 g/mol. The van der Waals surface area contributed by atoms with Gasteiger partial charge in [0.05, 0.1) is 0 Å². The van der Waals surface area contributed by atoms with Gasteiger partial charge in [-0.05, 0) is 50.1 Å². The van der Waals surface area contributed by atoms with Gasteiger partial charge in [-0.3, -0.25) is 0 Å². The van der Waals surface area contributed by atoms with E-state index in [1.807, 2.05) is 0 Å². The van der Waals surface area contributed by atoms with Crippen LogP contribution in [-0.2, 0) is 0 Å². The van der Waals surface area contributed by atoms with E-state index in [0.717, 1.165) is 36.7 Å². The Hall–Kier alpha value is -1.20. The molecule has 0 amide bonds. The molecule has 0 unspecified atom stereocenters. The van der Waals surface area contributed by atoms with E-state index in [4.69, 9.17) is 4.52 Å². The number of thiophene rings is 1. The first-order valence-electron chi connectivity index (χ1n) is 7.38. The lowest BCUT2D eigenvalue weighted by Gasteiger charge is -2.26. The third-order valence-corrected chi connectivity index (χ3v) is 4.97. The zero-order valence-electron chi connectivity index (χ0n) is 12.1. The van der Waals surface area contributed by atoms with Crippen LogP contribution < -0.4 is 5.32 Å². The summed E-state index contributed by atoms with van der Waals surface area (Å²) in [4.78, 5) is 4.62. The van der Waals surface area contributed by atoms with Crippen LogP contribution in [0.3, 0.4) is 0 Å². The first kappa shape index (κ1) is 13.8. The molecule has 0 aliphatic heterocycles. The standard InChI is InChI=1S/C15H21N3OS/c1-3-16-12-6-4-11(5-7-12)15-17-14(18-19-15)13-9-20-8-10(13)2/h8-9,11-12,16H,3-7H2,1-2H3. The van der Waals surface area contributed by atoms with Crippen LogP contribution >= 0.6 is 11.3 Å². The molecule has 2 aromatic rings. The molecule has 0 spiro atoms. The zero-order valence-corrected chi connectivity index (χ0v) is 12.9. The molecule has 4 nitrogen and oxygen atoms in total. The molecule has 1 aliphatic rings. The smallest absolute Gasteiger partial charge is 0.230 e. The molecule has 3 rings (SSSR count). The summed E-state index contributed by atoms with van der Waals surface area (Å²) in [5.41, 5.74) is 2.32. The van der Waals surface area contributed by atoms with Gasteiger partial charge < -0.3 is 9.84 Å². The van der Waals surface area contributed by atoms with Crippen molar-refractivity contribution in [2.75, 3.05) is 6.54 Å². The maximum Gasteiger partial charge on any atom is 0.230 e. The van der Waals surface area contributed by atoms with Gasteiger partial charge in [0.1, 0.15) is 0 Å². The molecule has 5 heteroatoms. The lowest BCUT2D eigenvalue weighted by atomic mass is 9.86. The van der Waals surface area contributed by atoms with Gasteiger partial charge in [0.2, 0.25) is 11.7 Å². The Bertz CT molecular complexity index is 555. The van der Waals surface area contributed by atoms with Gasteiger partial charge in [0.25, 0.3) is 0 Å². The third-order valence-electron chi connectivity index (χ3n) is 4.11. The molecule has 0 radical (unpaired) electrons. The van der Waals surface area contributed by atoms with E-state index in [0.29, 0.717) is 12.0 Å². The molecule has 0 bridgehead atoms. The molecule has 1 N–H and O–H groups in total. The topological polar surface area (TPSA) is 51.0 Å². The minimum atomic E-state index is 0.435. The Balaban J connectivity index is 1.68. The summed E-state index contributed by atoms with van der Waals surface area (Å²) in [6, 6.07) is 0.665. The first-order valence-corrected chi connectivity index (χ1v) is 8.32. The predicted molar refractivity (Wildman–Crippen MR) is 81.0 cm³/mol. The highest BCUT2D eigenvalue weighted by Crippen LogP contribution is 2.33. The van der Waals surface area contributed by atoms with E-state index in [1.165, 1.54) is 18.4 Å². The summed E-state index contributed by atoms with van der Waals surface area (Å²) < 4.78 is 5.50. The Kier molecular flexibility index (Phi) is 4.17. The van der Waals surface area contributed by atoms with Crippen LogP contribution in [0.15, 0.2) is 15.3 Å². The molecule has 0 saturated heterocycles. The highest BCUT2D eigenvalue weighted by Gasteiger charge is 2.26. The molecule has 0 atom stereocenters. The van der Waals surface area contributed by atoms with E-state index >= 15 is 0 Å². The van der Waals surface area contributed by atoms with Crippen LogP contribution in [0.2, 0.25) is 0 Å². The summed E-state index contributed by atoms with van der Waals surface area (Å²) in [6.45, 7) is 5.31. The summed E-state index contributed by atoms with van der Waals surface area (Å²) in [7, 11) is 0. The molecule has 20 heavy (non-hydrogen) atoms. The van der Waals surface area contributed by atoms with Gasteiger partial charge in [0, 0.05) is 22.9 Å². The maximum absolute atomic E-state index is 5.50. The lowest BCUT2D eigenvalue weighted by Crippen LogP contribution is -2.32. The molecule has 108 valence electrons. The molecule has 1 fully saturated rings. The molecule has 1 aliphatic carbocycles. The van der Waals surface area contributed by atoms with Crippen molar-refractivity contribution in [3.63, 3.8) is 0 Å². The van der Waals surface area contributed by atoms with Gasteiger partial charge in [-0.2, -0.15) is 16.3 Å². The van der Waals surface area contributed by atoms with Crippen molar-refractivity contribution in [3.05, 3.63) is 22.2 Å². The van der Waals surface area contributed by atoms with Crippen molar-refractivity contribution in [1.29, 1.82) is 0 Å². The van der Waals surface area contributed by atoms with Crippen molar-refractivity contribution in [3.8, 4) is 11.4 Å². The van der Waals surface area contributed by atoms with Crippen LogP contribution in [-0.4, -0.2) is 22.7 Å². The van der Waals surface area contributed by atoms with Gasteiger partial charge in [0.15, 0.2) is 0 Å². The largest absolute Gasteiger partial charge is 0.339 e. The van der Waals surface area contributed by atoms with Gasteiger partial charge in [-0.15, -0.1) is 0 Å². The molecular formula is C15H21N3OS. The minimum Gasteiger partial charge on any atom is -0.339 e. The highest BCUT2D eigenvalue weighted by molar-refractivity contribution is 7.08. The van der Waals surface area contributed by atoms with Crippen molar-refractivity contribution >= 4 is 11.3 Å². The Morgan fingerprint density at radius 1 is 1.30 bits per heavy atom.